The smallest absolute Gasteiger partial charge is 0.321 e. The van der Waals surface area contributed by atoms with E-state index in [0.29, 0.717) is 16.5 Å². The topological polar surface area (TPSA) is 59.6 Å². The van der Waals surface area contributed by atoms with Crippen molar-refractivity contribution in [1.29, 1.82) is 0 Å². The highest BCUT2D eigenvalue weighted by Gasteiger charge is 2.19. The molecule has 0 saturated carbocycles. The number of methoxy groups -OCH3 is 1. The van der Waals surface area contributed by atoms with E-state index in [0.717, 1.165) is 11.3 Å². The van der Waals surface area contributed by atoms with Gasteiger partial charge in [-0.1, -0.05) is 50.1 Å². The van der Waals surface area contributed by atoms with Gasteiger partial charge >= 0.3 is 6.03 Å². The molecule has 0 aliphatic rings. The van der Waals surface area contributed by atoms with Crippen molar-refractivity contribution < 1.29 is 14.3 Å². The number of carbonyl (C=O) groups excluding carboxylic acids is 1. The van der Waals surface area contributed by atoms with Crippen LogP contribution in [0.3, 0.4) is 0 Å². The van der Waals surface area contributed by atoms with Crippen molar-refractivity contribution in [1.82, 2.24) is 5.32 Å². The number of aryl methyl sites for hydroxylation is 1. The van der Waals surface area contributed by atoms with Gasteiger partial charge in [0.05, 0.1) is 12.1 Å². The lowest BCUT2D eigenvalue weighted by Gasteiger charge is -2.23. The van der Waals surface area contributed by atoms with Crippen molar-refractivity contribution in [3.8, 4) is 11.5 Å². The molecule has 0 heterocycles. The van der Waals surface area contributed by atoms with Gasteiger partial charge < -0.3 is 20.1 Å². The average Bonchev–Trinajstić information content (AvgIpc) is 2.55. The van der Waals surface area contributed by atoms with Gasteiger partial charge in [0.1, 0.15) is 11.5 Å². The van der Waals surface area contributed by atoms with E-state index in [9.17, 15) is 4.79 Å². The predicted octanol–water partition coefficient (Wildman–Crippen LogP) is 5.11. The fourth-order valence-electron chi connectivity index (χ4n) is 2.45. The number of halogens is 1. The van der Waals surface area contributed by atoms with E-state index in [2.05, 4.69) is 37.5 Å². The van der Waals surface area contributed by atoms with Gasteiger partial charge in [-0.2, -0.15) is 0 Å². The van der Waals surface area contributed by atoms with Crippen molar-refractivity contribution >= 4 is 23.3 Å². The molecule has 26 heavy (non-hydrogen) atoms. The van der Waals surface area contributed by atoms with E-state index in [1.165, 1.54) is 12.7 Å². The number of rotatable bonds is 5. The number of benzene rings is 2. The Morgan fingerprint density at radius 2 is 1.81 bits per heavy atom. The second-order valence-corrected chi connectivity index (χ2v) is 7.43. The van der Waals surface area contributed by atoms with Gasteiger partial charge in [0.15, 0.2) is 6.73 Å². The molecule has 0 bridgehead atoms. The minimum absolute atomic E-state index is 0.0521. The Morgan fingerprint density at radius 1 is 1.12 bits per heavy atom. The van der Waals surface area contributed by atoms with E-state index in [1.54, 1.807) is 18.2 Å². The first kappa shape index (κ1) is 19.9. The highest BCUT2D eigenvalue weighted by Crippen LogP contribution is 2.32. The number of ether oxygens (including phenoxy) is 2. The maximum atomic E-state index is 12.0. The number of carbonyl (C=O) groups is 1. The standard InChI is InChI=1S/C20H25ClN2O3/c1-13-6-8-17(15(10-13)20(2,3)4)26-12-22-19(24)23-14-7-9-18(25-5)16(21)11-14/h6-11H,12H2,1-5H3,(H2,22,23,24). The van der Waals surface area contributed by atoms with E-state index >= 15 is 0 Å². The summed E-state index contributed by atoms with van der Waals surface area (Å²) in [6, 6.07) is 10.7. The van der Waals surface area contributed by atoms with Crippen LogP contribution in [-0.4, -0.2) is 19.9 Å². The fourth-order valence-corrected chi connectivity index (χ4v) is 2.71. The fraction of sp³-hybridized carbons (Fsp3) is 0.350. The molecule has 5 nitrogen and oxygen atoms in total. The van der Waals surface area contributed by atoms with Crippen LogP contribution < -0.4 is 20.1 Å². The highest BCUT2D eigenvalue weighted by atomic mass is 35.5. The summed E-state index contributed by atoms with van der Waals surface area (Å²) in [5, 5.41) is 5.81. The third kappa shape index (κ3) is 5.30. The van der Waals surface area contributed by atoms with Crippen LogP contribution >= 0.6 is 11.6 Å². The van der Waals surface area contributed by atoms with Crippen LogP contribution in [0.4, 0.5) is 10.5 Å². The molecular weight excluding hydrogens is 352 g/mol. The summed E-state index contributed by atoms with van der Waals surface area (Å²) < 4.78 is 10.9. The third-order valence-electron chi connectivity index (χ3n) is 3.81. The largest absolute Gasteiger partial charge is 0.495 e. The average molecular weight is 377 g/mol. The Labute approximate surface area is 159 Å². The van der Waals surface area contributed by atoms with Crippen LogP contribution in [0.5, 0.6) is 11.5 Å². The summed E-state index contributed by atoms with van der Waals surface area (Å²) in [6.45, 7) is 8.49. The van der Waals surface area contributed by atoms with Crippen LogP contribution in [0.2, 0.25) is 5.02 Å². The zero-order chi connectivity index (χ0) is 19.3. The molecular formula is C20H25ClN2O3. The molecule has 0 fully saturated rings. The molecule has 0 aromatic heterocycles. The summed E-state index contributed by atoms with van der Waals surface area (Å²) in [6.07, 6.45) is 0. The lowest BCUT2D eigenvalue weighted by molar-refractivity contribution is 0.233. The Morgan fingerprint density at radius 3 is 2.42 bits per heavy atom. The summed E-state index contributed by atoms with van der Waals surface area (Å²) in [4.78, 5) is 12.0. The minimum Gasteiger partial charge on any atom is -0.495 e. The molecule has 0 aliphatic carbocycles. The number of nitrogens with one attached hydrogen (secondary N) is 2. The molecule has 0 unspecified atom stereocenters. The Bertz CT molecular complexity index is 785. The second kappa shape index (κ2) is 8.32. The summed E-state index contributed by atoms with van der Waals surface area (Å²) in [7, 11) is 1.54. The van der Waals surface area contributed by atoms with Crippen LogP contribution in [0.15, 0.2) is 36.4 Å². The first-order valence-electron chi connectivity index (χ1n) is 8.33. The van der Waals surface area contributed by atoms with Gasteiger partial charge in [-0.3, -0.25) is 0 Å². The summed E-state index contributed by atoms with van der Waals surface area (Å²) in [5.74, 6) is 1.31. The molecule has 2 N–H and O–H groups in total. The molecule has 6 heteroatoms. The molecule has 0 atom stereocenters. The van der Waals surface area contributed by atoms with Crippen LogP contribution in [0, 0.1) is 6.92 Å². The van der Waals surface area contributed by atoms with E-state index < -0.39 is 0 Å². The normalized spacial score (nSPS) is 11.0. The quantitative estimate of drug-likeness (QED) is 0.712. The molecule has 0 spiro atoms. The van der Waals surface area contributed by atoms with Gasteiger partial charge in [-0.05, 0) is 42.2 Å². The number of anilines is 1. The van der Waals surface area contributed by atoms with Gasteiger partial charge in [0.2, 0.25) is 0 Å². The van der Waals surface area contributed by atoms with E-state index in [4.69, 9.17) is 21.1 Å². The van der Waals surface area contributed by atoms with Crippen molar-refractivity contribution in [3.05, 3.63) is 52.5 Å². The van der Waals surface area contributed by atoms with Crippen molar-refractivity contribution in [3.63, 3.8) is 0 Å². The number of hydrogen-bond donors (Lipinski definition) is 2. The Hall–Kier alpha value is -2.40. The lowest BCUT2D eigenvalue weighted by Crippen LogP contribution is -2.32. The monoisotopic (exact) mass is 376 g/mol. The Balaban J connectivity index is 1.94. The first-order chi connectivity index (χ1) is 12.2. The SMILES string of the molecule is COc1ccc(NC(=O)NCOc2ccc(C)cc2C(C)(C)C)cc1Cl. The maximum Gasteiger partial charge on any atom is 0.321 e. The van der Waals surface area contributed by atoms with Gasteiger partial charge in [0, 0.05) is 5.69 Å². The molecule has 0 aliphatic heterocycles. The van der Waals surface area contributed by atoms with Crippen LogP contribution in [-0.2, 0) is 5.41 Å². The van der Waals surface area contributed by atoms with Crippen molar-refractivity contribution in [2.24, 2.45) is 0 Å². The first-order valence-corrected chi connectivity index (χ1v) is 8.71. The van der Waals surface area contributed by atoms with E-state index in [1.807, 2.05) is 19.1 Å². The van der Waals surface area contributed by atoms with Crippen molar-refractivity contribution in [2.45, 2.75) is 33.1 Å². The lowest BCUT2D eigenvalue weighted by atomic mass is 9.85. The molecule has 2 aromatic rings. The zero-order valence-corrected chi connectivity index (χ0v) is 16.5. The second-order valence-electron chi connectivity index (χ2n) is 7.02. The number of hydrogen-bond acceptors (Lipinski definition) is 3. The number of urea groups is 1. The summed E-state index contributed by atoms with van der Waals surface area (Å²) >= 11 is 6.05. The summed E-state index contributed by atoms with van der Waals surface area (Å²) in [5.41, 5.74) is 2.79. The zero-order valence-electron chi connectivity index (χ0n) is 15.8. The van der Waals surface area contributed by atoms with Gasteiger partial charge in [-0.25, -0.2) is 4.79 Å². The maximum absolute atomic E-state index is 12.0. The van der Waals surface area contributed by atoms with Gasteiger partial charge in [-0.15, -0.1) is 0 Å². The predicted molar refractivity (Wildman–Crippen MR) is 106 cm³/mol. The molecule has 2 rings (SSSR count). The number of amides is 2. The molecule has 2 amide bonds. The Kier molecular flexibility index (Phi) is 6.37. The van der Waals surface area contributed by atoms with Gasteiger partial charge in [0.25, 0.3) is 0 Å². The highest BCUT2D eigenvalue weighted by molar-refractivity contribution is 6.32. The molecule has 0 radical (unpaired) electrons. The minimum atomic E-state index is -0.379. The molecule has 2 aromatic carbocycles. The van der Waals surface area contributed by atoms with E-state index in [-0.39, 0.29) is 18.2 Å². The van der Waals surface area contributed by atoms with Crippen LogP contribution in [0.25, 0.3) is 0 Å². The molecule has 0 saturated heterocycles. The third-order valence-corrected chi connectivity index (χ3v) is 4.11. The van der Waals surface area contributed by atoms with Crippen molar-refractivity contribution in [2.75, 3.05) is 19.2 Å². The molecule has 140 valence electrons. The van der Waals surface area contributed by atoms with Crippen LogP contribution in [0.1, 0.15) is 31.9 Å².